The van der Waals surface area contributed by atoms with E-state index in [0.717, 1.165) is 25.0 Å². The lowest BCUT2D eigenvalue weighted by Gasteiger charge is -2.33. The zero-order valence-corrected chi connectivity index (χ0v) is 14.1. The third-order valence-electron chi connectivity index (χ3n) is 5.21. The molecule has 7 heteroatoms. The van der Waals surface area contributed by atoms with Crippen LogP contribution in [-0.2, 0) is 0 Å². The van der Waals surface area contributed by atoms with Crippen molar-refractivity contribution >= 4 is 5.91 Å². The molecule has 2 heterocycles. The highest BCUT2D eigenvalue weighted by Crippen LogP contribution is 2.43. The van der Waals surface area contributed by atoms with Crippen molar-refractivity contribution in [1.82, 2.24) is 14.7 Å². The molecule has 0 spiro atoms. The van der Waals surface area contributed by atoms with Crippen LogP contribution in [0, 0.1) is 5.92 Å². The summed E-state index contributed by atoms with van der Waals surface area (Å²) in [6.45, 7) is 4.27. The van der Waals surface area contributed by atoms with Crippen molar-refractivity contribution in [2.24, 2.45) is 5.92 Å². The molecular formula is C17H24F3N3O. The second-order valence-corrected chi connectivity index (χ2v) is 7.05. The molecule has 0 bridgehead atoms. The average Bonchev–Trinajstić information content (AvgIpc) is 3.31. The lowest BCUT2D eigenvalue weighted by atomic mass is 9.96. The van der Waals surface area contributed by atoms with E-state index in [1.54, 1.807) is 6.20 Å². The number of alkyl halides is 3. The Kier molecular flexibility index (Phi) is 4.62. The smallest absolute Gasteiger partial charge is 0.338 e. The number of piperidine rings is 1. The van der Waals surface area contributed by atoms with Gasteiger partial charge in [0.1, 0.15) is 0 Å². The van der Waals surface area contributed by atoms with Crippen molar-refractivity contribution in [3.63, 3.8) is 0 Å². The number of nitrogens with zero attached hydrogens (tertiary/aromatic N) is 3. The molecular weight excluding hydrogens is 319 g/mol. The molecule has 1 saturated heterocycles. The van der Waals surface area contributed by atoms with Crippen molar-refractivity contribution in [3.8, 4) is 0 Å². The van der Waals surface area contributed by atoms with Crippen molar-refractivity contribution < 1.29 is 18.0 Å². The lowest BCUT2D eigenvalue weighted by molar-refractivity contribution is -0.184. The Morgan fingerprint density at radius 1 is 1.38 bits per heavy atom. The number of likely N-dealkylation sites (tertiary alicyclic amines) is 1. The van der Waals surface area contributed by atoms with Gasteiger partial charge in [0.15, 0.2) is 0 Å². The van der Waals surface area contributed by atoms with Gasteiger partial charge in [0.25, 0.3) is 5.91 Å². The Morgan fingerprint density at radius 3 is 2.67 bits per heavy atom. The van der Waals surface area contributed by atoms with Gasteiger partial charge in [0, 0.05) is 25.0 Å². The van der Waals surface area contributed by atoms with Crippen LogP contribution in [-0.4, -0.2) is 39.9 Å². The Morgan fingerprint density at radius 2 is 2.08 bits per heavy atom. The number of carbonyl (C=O) groups is 1. The molecule has 2 atom stereocenters. The third kappa shape index (κ3) is 3.30. The molecule has 0 radical (unpaired) electrons. The Balaban J connectivity index is 1.83. The van der Waals surface area contributed by atoms with Crippen LogP contribution >= 0.6 is 0 Å². The number of halogens is 3. The van der Waals surface area contributed by atoms with Crippen molar-refractivity contribution in [2.75, 3.05) is 13.1 Å². The zero-order valence-electron chi connectivity index (χ0n) is 14.1. The van der Waals surface area contributed by atoms with Gasteiger partial charge in [-0.15, -0.1) is 0 Å². The maximum atomic E-state index is 13.0. The minimum absolute atomic E-state index is 0.106. The maximum absolute atomic E-state index is 13.0. The van der Waals surface area contributed by atoms with E-state index in [2.05, 4.69) is 12.0 Å². The van der Waals surface area contributed by atoms with E-state index in [1.165, 1.54) is 4.90 Å². The van der Waals surface area contributed by atoms with E-state index in [0.29, 0.717) is 24.4 Å². The normalized spacial score (nSPS) is 23.4. The van der Waals surface area contributed by atoms with Gasteiger partial charge in [-0.3, -0.25) is 9.48 Å². The molecule has 0 N–H and O–H groups in total. The molecule has 1 amide bonds. The van der Waals surface area contributed by atoms with Crippen molar-refractivity contribution in [2.45, 2.75) is 64.1 Å². The molecule has 1 aromatic heterocycles. The Bertz CT molecular complexity index is 607. The highest BCUT2D eigenvalue weighted by molar-refractivity contribution is 5.95. The monoisotopic (exact) mass is 343 g/mol. The minimum Gasteiger partial charge on any atom is -0.338 e. The molecule has 2 fully saturated rings. The topological polar surface area (TPSA) is 38.1 Å². The fourth-order valence-corrected chi connectivity index (χ4v) is 3.42. The van der Waals surface area contributed by atoms with Gasteiger partial charge in [-0.25, -0.2) is 0 Å². The first-order chi connectivity index (χ1) is 11.3. The summed E-state index contributed by atoms with van der Waals surface area (Å²) in [6, 6.07) is 0.187. The predicted octanol–water partition coefficient (Wildman–Crippen LogP) is 4.15. The molecule has 0 aromatic carbocycles. The van der Waals surface area contributed by atoms with Crippen LogP contribution in [0.15, 0.2) is 6.20 Å². The largest absolute Gasteiger partial charge is 0.393 e. The average molecular weight is 343 g/mol. The van der Waals surface area contributed by atoms with E-state index >= 15 is 0 Å². The van der Waals surface area contributed by atoms with E-state index in [-0.39, 0.29) is 24.9 Å². The van der Waals surface area contributed by atoms with Gasteiger partial charge in [-0.1, -0.05) is 6.92 Å². The number of aromatic nitrogens is 2. The van der Waals surface area contributed by atoms with Crippen molar-refractivity contribution in [1.29, 1.82) is 0 Å². The number of rotatable bonds is 4. The first-order valence-corrected chi connectivity index (χ1v) is 8.76. The number of carbonyl (C=O) groups excluding carboxylic acids is 1. The van der Waals surface area contributed by atoms with Gasteiger partial charge in [-0.2, -0.15) is 18.3 Å². The summed E-state index contributed by atoms with van der Waals surface area (Å²) in [6.07, 6.45) is 0.762. The summed E-state index contributed by atoms with van der Waals surface area (Å²) in [4.78, 5) is 14.2. The van der Waals surface area contributed by atoms with Crippen LogP contribution in [0.2, 0.25) is 0 Å². The Hall–Kier alpha value is -1.53. The molecule has 2 aliphatic rings. The van der Waals surface area contributed by atoms with E-state index < -0.39 is 12.1 Å². The highest BCUT2D eigenvalue weighted by atomic mass is 19.4. The van der Waals surface area contributed by atoms with E-state index in [9.17, 15) is 18.0 Å². The SMILES string of the molecule is CC[C@H](C)n1ncc(C(=O)N2CCC[C@H](C(F)(F)F)C2)c1C1CC1. The summed E-state index contributed by atoms with van der Waals surface area (Å²) in [5.41, 5.74) is 1.42. The molecule has 1 aromatic rings. The molecule has 24 heavy (non-hydrogen) atoms. The quantitative estimate of drug-likeness (QED) is 0.824. The molecule has 0 unspecified atom stereocenters. The molecule has 1 aliphatic heterocycles. The number of hydrogen-bond acceptors (Lipinski definition) is 2. The standard InChI is InChI=1S/C17H24F3N3O/c1-3-11(2)23-15(12-6-7-12)14(9-21-23)16(24)22-8-4-5-13(10-22)17(18,19)20/h9,11-13H,3-8,10H2,1-2H3/t11-,13-/m0/s1. The lowest BCUT2D eigenvalue weighted by Crippen LogP contribution is -2.44. The predicted molar refractivity (Wildman–Crippen MR) is 83.9 cm³/mol. The van der Waals surface area contributed by atoms with Crippen LogP contribution < -0.4 is 0 Å². The summed E-state index contributed by atoms with van der Waals surface area (Å²) in [7, 11) is 0. The number of amides is 1. The molecule has 3 rings (SSSR count). The van der Waals surface area contributed by atoms with Crippen LogP contribution in [0.3, 0.4) is 0 Å². The van der Waals surface area contributed by atoms with E-state index in [1.807, 2.05) is 11.6 Å². The summed E-state index contributed by atoms with van der Waals surface area (Å²) in [5.74, 6) is -1.38. The molecule has 1 aliphatic carbocycles. The molecule has 1 saturated carbocycles. The van der Waals surface area contributed by atoms with E-state index in [4.69, 9.17) is 0 Å². The van der Waals surface area contributed by atoms with Crippen LogP contribution in [0.5, 0.6) is 0 Å². The van der Waals surface area contributed by atoms with Crippen LogP contribution in [0.4, 0.5) is 13.2 Å². The first-order valence-electron chi connectivity index (χ1n) is 8.76. The second kappa shape index (κ2) is 6.41. The van der Waals surface area contributed by atoms with Gasteiger partial charge < -0.3 is 4.90 Å². The van der Waals surface area contributed by atoms with Crippen LogP contribution in [0.1, 0.15) is 74.0 Å². The van der Waals surface area contributed by atoms with Crippen LogP contribution in [0.25, 0.3) is 0 Å². The van der Waals surface area contributed by atoms with Gasteiger partial charge >= 0.3 is 6.18 Å². The summed E-state index contributed by atoms with van der Waals surface area (Å²) in [5, 5.41) is 4.38. The maximum Gasteiger partial charge on any atom is 0.393 e. The fraction of sp³-hybridized carbons (Fsp3) is 0.765. The zero-order chi connectivity index (χ0) is 17.5. The Labute approximate surface area is 140 Å². The molecule has 134 valence electrons. The minimum atomic E-state index is -4.24. The van der Waals surface area contributed by atoms with Gasteiger partial charge in [0.05, 0.1) is 23.4 Å². The first kappa shape index (κ1) is 17.3. The van der Waals surface area contributed by atoms with Gasteiger partial charge in [0.2, 0.25) is 0 Å². The second-order valence-electron chi connectivity index (χ2n) is 7.05. The summed E-state index contributed by atoms with van der Waals surface area (Å²) >= 11 is 0. The van der Waals surface area contributed by atoms with Crippen molar-refractivity contribution in [3.05, 3.63) is 17.5 Å². The summed E-state index contributed by atoms with van der Waals surface area (Å²) < 4.78 is 40.9. The third-order valence-corrected chi connectivity index (χ3v) is 5.21. The highest BCUT2D eigenvalue weighted by Gasteiger charge is 2.43. The molecule has 4 nitrogen and oxygen atoms in total. The fourth-order valence-electron chi connectivity index (χ4n) is 3.42. The number of hydrogen-bond donors (Lipinski definition) is 0. The van der Waals surface area contributed by atoms with Gasteiger partial charge in [-0.05, 0) is 39.0 Å².